The lowest BCUT2D eigenvalue weighted by Gasteiger charge is -2.39. The summed E-state index contributed by atoms with van der Waals surface area (Å²) in [5, 5.41) is 18.1. The van der Waals surface area contributed by atoms with Crippen LogP contribution in [-0.2, 0) is 10.1 Å². The van der Waals surface area contributed by atoms with E-state index in [0.717, 1.165) is 12.1 Å². The van der Waals surface area contributed by atoms with Crippen LogP contribution in [0.1, 0.15) is 43.2 Å². The van der Waals surface area contributed by atoms with Crippen molar-refractivity contribution in [2.45, 2.75) is 31.9 Å². The van der Waals surface area contributed by atoms with E-state index >= 15 is 0 Å². The van der Waals surface area contributed by atoms with Crippen molar-refractivity contribution in [1.29, 1.82) is 0 Å². The minimum Gasteiger partial charge on any atom is -0.291 e. The number of halogens is 1. The van der Waals surface area contributed by atoms with Gasteiger partial charge in [0.1, 0.15) is 0 Å². The summed E-state index contributed by atoms with van der Waals surface area (Å²) in [7, 11) is -5.16. The Kier molecular flexibility index (Phi) is 5.68. The first-order chi connectivity index (χ1) is 14.4. The normalized spacial score (nSPS) is 23.8. The van der Waals surface area contributed by atoms with E-state index in [1.54, 1.807) is 12.2 Å². The van der Waals surface area contributed by atoms with E-state index in [9.17, 15) is 27.9 Å². The summed E-state index contributed by atoms with van der Waals surface area (Å²) < 4.78 is 33.6. The molecule has 3 rings (SSSR count). The van der Waals surface area contributed by atoms with Gasteiger partial charge in [-0.2, -0.15) is 13.5 Å². The van der Waals surface area contributed by atoms with Crippen molar-refractivity contribution in [1.82, 2.24) is 10.2 Å². The molecule has 0 fully saturated rings. The topological polar surface area (TPSA) is 143 Å². The van der Waals surface area contributed by atoms with E-state index in [0.29, 0.717) is 6.42 Å². The number of nitro benzene ring substituents is 1. The van der Waals surface area contributed by atoms with Gasteiger partial charge in [0.15, 0.2) is 0 Å². The van der Waals surface area contributed by atoms with Crippen LogP contribution < -0.4 is 0 Å². The molecular formula is C20H20ClN3O6S. The number of aromatic nitrogens is 2. The number of Topliss-reactive ketones (excluding diaryl/α,β-unsaturated/α-hetero) is 1. The first-order valence-electron chi connectivity index (χ1n) is 9.26. The fourth-order valence-electron chi connectivity index (χ4n) is 3.96. The molecule has 2 atom stereocenters. The van der Waals surface area contributed by atoms with Crippen LogP contribution in [0.25, 0.3) is 5.57 Å². The van der Waals surface area contributed by atoms with E-state index in [-0.39, 0.29) is 21.9 Å². The Morgan fingerprint density at radius 3 is 2.52 bits per heavy atom. The van der Waals surface area contributed by atoms with Gasteiger partial charge in [-0.15, -0.1) is 0 Å². The maximum Gasteiger partial charge on any atom is 0.286 e. The standard InChI is InChI=1S/C20H20ClN3O6S/c1-4-19(3)10-12(2)20(31(28,29)30,15(11-19)16-7-8-22-23-16)18(25)14-6-5-13(21)9-17(14)24(26)27/h5-11H,4H2,1-3H3,(H,22,23)(H,28,29,30). The van der Waals surface area contributed by atoms with Gasteiger partial charge in [0.2, 0.25) is 10.5 Å². The zero-order chi connectivity index (χ0) is 23.2. The molecule has 1 aliphatic carbocycles. The number of hydrogen-bond acceptors (Lipinski definition) is 6. The molecular weight excluding hydrogens is 446 g/mol. The second-order valence-electron chi connectivity index (χ2n) is 7.62. The van der Waals surface area contributed by atoms with Gasteiger partial charge in [0.05, 0.1) is 16.2 Å². The Hall–Kier alpha value is -2.82. The molecule has 0 radical (unpaired) electrons. The highest BCUT2D eigenvalue weighted by atomic mass is 35.5. The van der Waals surface area contributed by atoms with Crippen LogP contribution >= 0.6 is 11.6 Å². The molecule has 0 saturated carbocycles. The molecule has 2 aromatic rings. The molecule has 1 aromatic heterocycles. The highest BCUT2D eigenvalue weighted by Gasteiger charge is 2.58. The van der Waals surface area contributed by atoms with Crippen LogP contribution in [0.2, 0.25) is 5.02 Å². The third kappa shape index (κ3) is 3.60. The average molecular weight is 466 g/mol. The number of nitrogens with one attached hydrogen (secondary N) is 1. The fourth-order valence-corrected chi connectivity index (χ4v) is 5.38. The Morgan fingerprint density at radius 2 is 2.00 bits per heavy atom. The molecule has 0 saturated heterocycles. The zero-order valence-electron chi connectivity index (χ0n) is 16.9. The number of aromatic amines is 1. The first-order valence-corrected chi connectivity index (χ1v) is 11.1. The average Bonchev–Trinajstić information content (AvgIpc) is 3.20. The molecule has 2 unspecified atom stereocenters. The summed E-state index contributed by atoms with van der Waals surface area (Å²) >= 11 is 5.85. The molecule has 2 N–H and O–H groups in total. The number of hydrogen-bond donors (Lipinski definition) is 2. The monoisotopic (exact) mass is 465 g/mol. The summed E-state index contributed by atoms with van der Waals surface area (Å²) in [5.41, 5.74) is -1.63. The molecule has 1 aromatic carbocycles. The lowest BCUT2D eigenvalue weighted by atomic mass is 9.70. The van der Waals surface area contributed by atoms with Gasteiger partial charge >= 0.3 is 0 Å². The number of nitrogens with zero attached hydrogens (tertiary/aromatic N) is 2. The lowest BCUT2D eigenvalue weighted by molar-refractivity contribution is -0.385. The van der Waals surface area contributed by atoms with E-state index in [2.05, 4.69) is 10.2 Å². The molecule has 0 aliphatic heterocycles. The smallest absolute Gasteiger partial charge is 0.286 e. The third-order valence-electron chi connectivity index (χ3n) is 5.62. The zero-order valence-corrected chi connectivity index (χ0v) is 18.5. The lowest BCUT2D eigenvalue weighted by Crippen LogP contribution is -2.51. The summed E-state index contributed by atoms with van der Waals surface area (Å²) in [6.45, 7) is 5.14. The Balaban J connectivity index is 2.44. The number of rotatable bonds is 6. The highest BCUT2D eigenvalue weighted by molar-refractivity contribution is 7.89. The summed E-state index contributed by atoms with van der Waals surface area (Å²) in [6.07, 6.45) is 5.09. The van der Waals surface area contributed by atoms with Crippen molar-refractivity contribution in [3.8, 4) is 0 Å². The quantitative estimate of drug-likeness (QED) is 0.213. The number of allylic oxidation sites excluding steroid dienone is 2. The van der Waals surface area contributed by atoms with Crippen LogP contribution in [0.15, 0.2) is 48.2 Å². The van der Waals surface area contributed by atoms with Crippen molar-refractivity contribution >= 4 is 38.8 Å². The van der Waals surface area contributed by atoms with Crippen LogP contribution in [0.4, 0.5) is 5.69 Å². The predicted molar refractivity (Wildman–Crippen MR) is 115 cm³/mol. The minimum absolute atomic E-state index is 0.00274. The number of nitro groups is 1. The van der Waals surface area contributed by atoms with Gasteiger partial charge in [0.25, 0.3) is 15.8 Å². The Morgan fingerprint density at radius 1 is 1.32 bits per heavy atom. The van der Waals surface area contributed by atoms with Crippen molar-refractivity contribution in [2.24, 2.45) is 5.41 Å². The molecule has 9 nitrogen and oxygen atoms in total. The van der Waals surface area contributed by atoms with E-state index < -0.39 is 42.2 Å². The second kappa shape index (κ2) is 7.70. The molecule has 1 aliphatic rings. The number of H-pyrrole nitrogens is 1. The molecule has 164 valence electrons. The summed E-state index contributed by atoms with van der Waals surface area (Å²) in [5.74, 6) is -1.16. The minimum atomic E-state index is -5.16. The number of carbonyl (C=O) groups is 1. The molecule has 11 heteroatoms. The number of benzene rings is 1. The van der Waals surface area contributed by atoms with Crippen LogP contribution in [0.3, 0.4) is 0 Å². The van der Waals surface area contributed by atoms with E-state index in [1.165, 1.54) is 25.3 Å². The van der Waals surface area contributed by atoms with Gasteiger partial charge in [-0.3, -0.25) is 24.6 Å². The van der Waals surface area contributed by atoms with Crippen LogP contribution in [-0.4, -0.2) is 38.6 Å². The van der Waals surface area contributed by atoms with E-state index in [1.807, 2.05) is 13.8 Å². The van der Waals surface area contributed by atoms with Gasteiger partial charge in [-0.05, 0) is 37.1 Å². The maximum atomic E-state index is 13.8. The van der Waals surface area contributed by atoms with Crippen molar-refractivity contribution in [2.75, 3.05) is 0 Å². The van der Waals surface area contributed by atoms with Crippen molar-refractivity contribution in [3.63, 3.8) is 0 Å². The highest BCUT2D eigenvalue weighted by Crippen LogP contribution is 2.50. The van der Waals surface area contributed by atoms with Gasteiger partial charge in [0, 0.05) is 28.3 Å². The van der Waals surface area contributed by atoms with Crippen LogP contribution in [0, 0.1) is 15.5 Å². The van der Waals surface area contributed by atoms with Gasteiger partial charge < -0.3 is 0 Å². The maximum absolute atomic E-state index is 13.8. The number of ketones is 1. The van der Waals surface area contributed by atoms with E-state index in [4.69, 9.17) is 11.6 Å². The number of carbonyl (C=O) groups excluding carboxylic acids is 1. The molecule has 0 spiro atoms. The largest absolute Gasteiger partial charge is 0.291 e. The predicted octanol–water partition coefficient (Wildman–Crippen LogP) is 4.24. The van der Waals surface area contributed by atoms with Gasteiger partial charge in [-0.25, -0.2) is 0 Å². The Bertz CT molecular complexity index is 1240. The van der Waals surface area contributed by atoms with Crippen LogP contribution in [0.5, 0.6) is 0 Å². The first kappa shape index (κ1) is 22.9. The summed E-state index contributed by atoms with van der Waals surface area (Å²) in [4.78, 5) is 24.6. The van der Waals surface area contributed by atoms with Crippen molar-refractivity contribution in [3.05, 3.63) is 74.6 Å². The second-order valence-corrected chi connectivity index (χ2v) is 9.62. The SMILES string of the molecule is CCC1(C)C=C(C)C(C(=O)c2ccc(Cl)cc2[N+](=O)[O-])(S(=O)(=O)O)C(c2ccn[nH]2)=C1. The van der Waals surface area contributed by atoms with Crippen molar-refractivity contribution < 1.29 is 22.7 Å². The summed E-state index contributed by atoms with van der Waals surface area (Å²) in [6, 6.07) is 4.76. The Labute approximate surface area is 183 Å². The third-order valence-corrected chi connectivity index (χ3v) is 7.35. The molecule has 1 heterocycles. The molecule has 0 bridgehead atoms. The molecule has 0 amide bonds. The molecule has 31 heavy (non-hydrogen) atoms. The van der Waals surface area contributed by atoms with Gasteiger partial charge in [-0.1, -0.05) is 37.6 Å². The fraction of sp³-hybridized carbons (Fsp3) is 0.300.